The molecule has 0 spiro atoms. The van der Waals surface area contributed by atoms with E-state index in [-0.39, 0.29) is 0 Å². The van der Waals surface area contributed by atoms with Gasteiger partial charge in [0.1, 0.15) is 0 Å². The highest BCUT2D eigenvalue weighted by Crippen LogP contribution is 2.37. The van der Waals surface area contributed by atoms with E-state index in [2.05, 4.69) is 0 Å². The lowest BCUT2D eigenvalue weighted by molar-refractivity contribution is 1.09. The van der Waals surface area contributed by atoms with E-state index >= 15 is 0 Å². The standard InChI is InChI=1S/C13H10NO/c15-14-12-7-3-1-5-10(12)9-11-6-2-4-8-13(11)14/h1-8H,9H2/q-1. The average molecular weight is 196 g/mol. The molecule has 3 rings (SSSR count). The lowest BCUT2D eigenvalue weighted by atomic mass is 9.97. The predicted octanol–water partition coefficient (Wildman–Crippen LogP) is 3.23. The number of anilines is 2. The van der Waals surface area contributed by atoms with E-state index in [9.17, 15) is 5.21 Å². The van der Waals surface area contributed by atoms with Gasteiger partial charge in [0.05, 0.1) is 0 Å². The van der Waals surface area contributed by atoms with Gasteiger partial charge in [0.15, 0.2) is 0 Å². The second-order valence-electron chi connectivity index (χ2n) is 3.73. The molecule has 0 atom stereocenters. The van der Waals surface area contributed by atoms with Gasteiger partial charge in [0, 0.05) is 17.8 Å². The lowest BCUT2D eigenvalue weighted by Crippen LogP contribution is -2.16. The Balaban J connectivity index is 2.20. The second kappa shape index (κ2) is 3.11. The zero-order chi connectivity index (χ0) is 10.3. The minimum Gasteiger partial charge on any atom is -0.754 e. The number of fused-ring (bicyclic) bond motifs is 2. The molecule has 1 heterocycles. The molecule has 0 bridgehead atoms. The summed E-state index contributed by atoms with van der Waals surface area (Å²) < 4.78 is 0. The first-order valence-corrected chi connectivity index (χ1v) is 4.99. The molecule has 2 aromatic carbocycles. The Morgan fingerprint density at radius 3 is 1.80 bits per heavy atom. The molecule has 0 aromatic heterocycles. The van der Waals surface area contributed by atoms with Gasteiger partial charge in [-0.05, 0) is 23.3 Å². The molecule has 0 unspecified atom stereocenters. The molecule has 74 valence electrons. The number of benzene rings is 2. The van der Waals surface area contributed by atoms with Crippen LogP contribution in [0.25, 0.3) is 0 Å². The summed E-state index contributed by atoms with van der Waals surface area (Å²) in [6, 6.07) is 15.5. The SMILES string of the molecule is [O-]N1c2ccccc2Cc2ccccc21. The van der Waals surface area contributed by atoms with Crippen LogP contribution >= 0.6 is 0 Å². The van der Waals surface area contributed by atoms with Crippen LogP contribution < -0.4 is 5.06 Å². The monoisotopic (exact) mass is 196 g/mol. The molecule has 0 amide bonds. The van der Waals surface area contributed by atoms with E-state index in [1.165, 1.54) is 0 Å². The molecule has 0 fully saturated rings. The van der Waals surface area contributed by atoms with E-state index in [0.29, 0.717) is 0 Å². The summed E-state index contributed by atoms with van der Waals surface area (Å²) in [6.07, 6.45) is 0.852. The van der Waals surface area contributed by atoms with Crippen LogP contribution in [0.3, 0.4) is 0 Å². The van der Waals surface area contributed by atoms with Crippen molar-refractivity contribution in [2.45, 2.75) is 6.42 Å². The molecule has 1 aliphatic heterocycles. The summed E-state index contributed by atoms with van der Waals surface area (Å²) in [5.74, 6) is 0. The number of para-hydroxylation sites is 2. The minimum absolute atomic E-state index is 0.774. The fourth-order valence-corrected chi connectivity index (χ4v) is 2.05. The van der Waals surface area contributed by atoms with Gasteiger partial charge in [-0.25, -0.2) is 0 Å². The average Bonchev–Trinajstić information content (AvgIpc) is 2.30. The molecular weight excluding hydrogens is 186 g/mol. The zero-order valence-corrected chi connectivity index (χ0v) is 8.18. The Morgan fingerprint density at radius 1 is 0.800 bits per heavy atom. The summed E-state index contributed by atoms with van der Waals surface area (Å²) in [5, 5.41) is 13.0. The summed E-state index contributed by atoms with van der Waals surface area (Å²) in [4.78, 5) is 0. The van der Waals surface area contributed by atoms with Crippen molar-refractivity contribution >= 4 is 11.4 Å². The van der Waals surface area contributed by atoms with Crippen LogP contribution in [0.15, 0.2) is 48.5 Å². The summed E-state index contributed by atoms with van der Waals surface area (Å²) in [7, 11) is 0. The quantitative estimate of drug-likeness (QED) is 0.646. The van der Waals surface area contributed by atoms with Crippen molar-refractivity contribution in [1.29, 1.82) is 0 Å². The molecule has 0 saturated heterocycles. The van der Waals surface area contributed by atoms with Gasteiger partial charge < -0.3 is 10.3 Å². The van der Waals surface area contributed by atoms with Gasteiger partial charge in [-0.1, -0.05) is 36.4 Å². The summed E-state index contributed by atoms with van der Waals surface area (Å²) in [5.41, 5.74) is 3.75. The van der Waals surface area contributed by atoms with Crippen LogP contribution in [0, 0.1) is 5.21 Å². The fourth-order valence-electron chi connectivity index (χ4n) is 2.05. The first kappa shape index (κ1) is 8.50. The van der Waals surface area contributed by atoms with Crippen molar-refractivity contribution in [3.63, 3.8) is 0 Å². The van der Waals surface area contributed by atoms with Crippen LogP contribution in [0.4, 0.5) is 11.4 Å². The molecule has 2 aromatic rings. The summed E-state index contributed by atoms with van der Waals surface area (Å²) in [6.45, 7) is 0. The molecule has 0 N–H and O–H groups in total. The van der Waals surface area contributed by atoms with Gasteiger partial charge >= 0.3 is 0 Å². The maximum absolute atomic E-state index is 12.0. The largest absolute Gasteiger partial charge is 0.754 e. The van der Waals surface area contributed by atoms with Crippen molar-refractivity contribution in [2.75, 3.05) is 5.06 Å². The topological polar surface area (TPSA) is 26.3 Å². The number of nitrogens with zero attached hydrogens (tertiary/aromatic N) is 1. The second-order valence-corrected chi connectivity index (χ2v) is 3.73. The van der Waals surface area contributed by atoms with Crippen LogP contribution in [0.1, 0.15) is 11.1 Å². The van der Waals surface area contributed by atoms with Crippen molar-refractivity contribution in [3.05, 3.63) is 64.9 Å². The van der Waals surface area contributed by atoms with Crippen molar-refractivity contribution in [1.82, 2.24) is 0 Å². The third-order valence-electron chi connectivity index (χ3n) is 2.80. The van der Waals surface area contributed by atoms with Crippen LogP contribution in [0.5, 0.6) is 0 Å². The normalized spacial score (nSPS) is 13.3. The van der Waals surface area contributed by atoms with Crippen LogP contribution in [-0.2, 0) is 6.42 Å². The Labute approximate surface area is 88.4 Å². The fraction of sp³-hybridized carbons (Fsp3) is 0.0769. The predicted molar refractivity (Wildman–Crippen MR) is 61.2 cm³/mol. The smallest absolute Gasteiger partial charge is 0.0339 e. The summed E-state index contributed by atoms with van der Waals surface area (Å²) >= 11 is 0. The van der Waals surface area contributed by atoms with Crippen molar-refractivity contribution in [3.8, 4) is 0 Å². The molecule has 15 heavy (non-hydrogen) atoms. The third-order valence-corrected chi connectivity index (χ3v) is 2.80. The van der Waals surface area contributed by atoms with Gasteiger partial charge in [-0.3, -0.25) is 0 Å². The van der Waals surface area contributed by atoms with Gasteiger partial charge in [0.25, 0.3) is 0 Å². The third kappa shape index (κ3) is 1.22. The molecule has 2 heteroatoms. The van der Waals surface area contributed by atoms with Gasteiger partial charge in [-0.15, -0.1) is 0 Å². The molecule has 0 aliphatic carbocycles. The number of rotatable bonds is 0. The molecule has 0 saturated carbocycles. The minimum atomic E-state index is 0.774. The van der Waals surface area contributed by atoms with Crippen molar-refractivity contribution < 1.29 is 0 Å². The Morgan fingerprint density at radius 2 is 1.27 bits per heavy atom. The highest BCUT2D eigenvalue weighted by Gasteiger charge is 2.15. The van der Waals surface area contributed by atoms with Crippen LogP contribution in [-0.4, -0.2) is 0 Å². The Bertz CT molecular complexity index is 462. The highest BCUT2D eigenvalue weighted by atomic mass is 16.5. The lowest BCUT2D eigenvalue weighted by Gasteiger charge is -2.38. The van der Waals surface area contributed by atoms with Gasteiger partial charge in [-0.2, -0.15) is 0 Å². The molecule has 1 aliphatic rings. The van der Waals surface area contributed by atoms with E-state index < -0.39 is 0 Å². The molecular formula is C13H10NO-. The maximum atomic E-state index is 12.0. The van der Waals surface area contributed by atoms with Crippen molar-refractivity contribution in [2.24, 2.45) is 0 Å². The molecule has 0 radical (unpaired) electrons. The van der Waals surface area contributed by atoms with Crippen LogP contribution in [0.2, 0.25) is 0 Å². The Kier molecular flexibility index (Phi) is 1.76. The first-order valence-electron chi connectivity index (χ1n) is 4.99. The first-order chi connectivity index (χ1) is 7.36. The van der Waals surface area contributed by atoms with E-state index in [1.807, 2.05) is 48.5 Å². The van der Waals surface area contributed by atoms with E-state index in [4.69, 9.17) is 0 Å². The maximum Gasteiger partial charge on any atom is 0.0339 e. The van der Waals surface area contributed by atoms with E-state index in [0.717, 1.165) is 34.0 Å². The highest BCUT2D eigenvalue weighted by molar-refractivity contribution is 5.74. The van der Waals surface area contributed by atoms with Gasteiger partial charge in [0.2, 0.25) is 0 Å². The Hall–Kier alpha value is -1.80. The van der Waals surface area contributed by atoms with E-state index in [1.54, 1.807) is 0 Å². The number of hydrogen-bond acceptors (Lipinski definition) is 2. The zero-order valence-electron chi connectivity index (χ0n) is 8.18. The molecule has 2 nitrogen and oxygen atoms in total. The number of hydrogen-bond donors (Lipinski definition) is 0.